The minimum Gasteiger partial charge on any atom is -0.445 e. The molecule has 0 radical (unpaired) electrons. The van der Waals surface area contributed by atoms with Crippen molar-refractivity contribution in [2.45, 2.75) is 58.2 Å². The lowest BCUT2D eigenvalue weighted by Crippen LogP contribution is -2.47. The molecule has 226 valence electrons. The predicted octanol–water partition coefficient (Wildman–Crippen LogP) is 7.25. The van der Waals surface area contributed by atoms with Crippen LogP contribution in [0, 0.1) is 0 Å². The Morgan fingerprint density at radius 1 is 0.860 bits per heavy atom. The zero-order valence-corrected chi connectivity index (χ0v) is 24.1. The van der Waals surface area contributed by atoms with Gasteiger partial charge in [0.05, 0.1) is 11.4 Å². The fourth-order valence-corrected chi connectivity index (χ4v) is 4.55. The number of aryl methyl sites for hydroxylation is 1. The summed E-state index contributed by atoms with van der Waals surface area (Å²) >= 11 is 0. The van der Waals surface area contributed by atoms with Crippen LogP contribution in [0.1, 0.15) is 55.2 Å². The van der Waals surface area contributed by atoms with E-state index in [1.807, 2.05) is 66.7 Å². The summed E-state index contributed by atoms with van der Waals surface area (Å²) in [5, 5.41) is 3.58. The molecule has 0 saturated heterocycles. The molecule has 0 atom stereocenters. The summed E-state index contributed by atoms with van der Waals surface area (Å²) in [5.74, 6) is 0. The van der Waals surface area contributed by atoms with Gasteiger partial charge in [-0.3, -0.25) is 5.32 Å². The number of allylic oxidation sites excluding steroid dienone is 1. The number of anilines is 3. The van der Waals surface area contributed by atoms with Crippen LogP contribution in [0.15, 0.2) is 84.9 Å². The Morgan fingerprint density at radius 3 is 2.23 bits per heavy atom. The molecule has 4 N–H and O–H groups in total. The molecule has 0 saturated carbocycles. The SMILES string of the molecule is Nc1cc2c(N(NC(=O)OCc3ccccc3)C(=O)OCc3ccccc3)cc1CCCCCCC/C=C/COC(=O)N2. The Bertz CT molecular complexity index is 1380. The van der Waals surface area contributed by atoms with E-state index in [-0.39, 0.29) is 31.2 Å². The minimum absolute atomic E-state index is 0.0164. The number of carbonyl (C=O) groups is 3. The molecule has 2 bridgehead atoms. The summed E-state index contributed by atoms with van der Waals surface area (Å²) in [5.41, 5.74) is 11.9. The van der Waals surface area contributed by atoms with Crippen molar-refractivity contribution >= 4 is 35.3 Å². The van der Waals surface area contributed by atoms with E-state index in [1.165, 1.54) is 0 Å². The van der Waals surface area contributed by atoms with Gasteiger partial charge in [-0.1, -0.05) is 92.1 Å². The maximum Gasteiger partial charge on any atom is 0.434 e. The highest BCUT2D eigenvalue weighted by Gasteiger charge is 2.26. The summed E-state index contributed by atoms with van der Waals surface area (Å²) in [6.07, 6.45) is 8.00. The minimum atomic E-state index is -0.893. The number of benzene rings is 3. The van der Waals surface area contributed by atoms with Crippen LogP contribution in [0.5, 0.6) is 0 Å². The Morgan fingerprint density at radius 2 is 1.51 bits per heavy atom. The van der Waals surface area contributed by atoms with E-state index in [0.29, 0.717) is 12.1 Å². The van der Waals surface area contributed by atoms with E-state index in [9.17, 15) is 14.4 Å². The van der Waals surface area contributed by atoms with Crippen LogP contribution >= 0.6 is 0 Å². The Labute approximate surface area is 251 Å². The van der Waals surface area contributed by atoms with Crippen LogP contribution < -0.4 is 21.5 Å². The van der Waals surface area contributed by atoms with Crippen LogP contribution in [-0.4, -0.2) is 24.9 Å². The van der Waals surface area contributed by atoms with Gasteiger partial charge in [-0.2, -0.15) is 5.01 Å². The van der Waals surface area contributed by atoms with E-state index in [0.717, 1.165) is 60.2 Å². The highest BCUT2D eigenvalue weighted by molar-refractivity contribution is 5.99. The number of nitrogens with two attached hydrogens (primary N) is 1. The summed E-state index contributed by atoms with van der Waals surface area (Å²) in [7, 11) is 0. The van der Waals surface area contributed by atoms with Crippen molar-refractivity contribution < 1.29 is 28.6 Å². The molecule has 3 aromatic rings. The number of carbonyl (C=O) groups excluding carboxylic acids is 3. The first-order valence-electron chi connectivity index (χ1n) is 14.5. The number of fused-ring (bicyclic) bond motifs is 13. The standard InChI is InChI=1S/C33H38N4O6/c34-28-22-29-30(21-27(28)19-13-5-3-1-2-4-6-14-20-41-31(38)35-29)37(33(40)43-24-26-17-11-8-12-18-26)36-32(39)42-23-25-15-9-7-10-16-25/h6-12,14-18,21-22H,1-5,13,19-20,23-24,34H2,(H,35,38)(H,36,39)/b14-6+. The molecular weight excluding hydrogens is 548 g/mol. The van der Waals surface area contributed by atoms with Crippen LogP contribution in [-0.2, 0) is 33.8 Å². The maximum atomic E-state index is 13.5. The van der Waals surface area contributed by atoms with Crippen LogP contribution in [0.4, 0.5) is 31.4 Å². The first-order valence-corrected chi connectivity index (χ1v) is 14.5. The van der Waals surface area contributed by atoms with E-state index in [1.54, 1.807) is 18.2 Å². The molecular formula is C33H38N4O6. The molecule has 0 aromatic heterocycles. The van der Waals surface area contributed by atoms with Crippen molar-refractivity contribution in [3.63, 3.8) is 0 Å². The number of hydrogen-bond donors (Lipinski definition) is 3. The molecule has 2 aliphatic rings. The molecule has 3 aromatic carbocycles. The Hall–Kier alpha value is -4.99. The van der Waals surface area contributed by atoms with E-state index in [2.05, 4.69) is 10.7 Å². The van der Waals surface area contributed by atoms with Gasteiger partial charge in [0.2, 0.25) is 0 Å². The average Bonchev–Trinajstić information content (AvgIpc) is 3.02. The van der Waals surface area contributed by atoms with Crippen molar-refractivity contribution in [2.24, 2.45) is 0 Å². The molecule has 2 aliphatic heterocycles. The monoisotopic (exact) mass is 586 g/mol. The first kappa shape index (κ1) is 31.0. The molecule has 10 heteroatoms. The molecule has 5 rings (SSSR count). The lowest BCUT2D eigenvalue weighted by molar-refractivity contribution is 0.126. The van der Waals surface area contributed by atoms with Gasteiger partial charge in [-0.15, -0.1) is 0 Å². The fourth-order valence-electron chi connectivity index (χ4n) is 4.55. The van der Waals surface area contributed by atoms with Crippen LogP contribution in [0.25, 0.3) is 0 Å². The van der Waals surface area contributed by atoms with Gasteiger partial charge in [0, 0.05) is 5.69 Å². The van der Waals surface area contributed by atoms with Crippen LogP contribution in [0.2, 0.25) is 0 Å². The number of nitrogens with one attached hydrogen (secondary N) is 2. The van der Waals surface area contributed by atoms with Crippen molar-refractivity contribution in [2.75, 3.05) is 22.7 Å². The Balaban J connectivity index is 1.63. The number of nitrogens with zero attached hydrogens (tertiary/aromatic N) is 1. The normalized spacial score (nSPS) is 14.8. The molecule has 0 aliphatic carbocycles. The number of hydrazine groups is 1. The van der Waals surface area contributed by atoms with Crippen molar-refractivity contribution in [3.8, 4) is 0 Å². The van der Waals surface area contributed by atoms with E-state index < -0.39 is 18.3 Å². The second-order valence-corrected chi connectivity index (χ2v) is 10.1. The molecule has 0 fully saturated rings. The topological polar surface area (TPSA) is 132 Å². The second kappa shape index (κ2) is 16.5. The van der Waals surface area contributed by atoms with Crippen molar-refractivity contribution in [3.05, 3.63) is 102 Å². The van der Waals surface area contributed by atoms with Gasteiger partial charge < -0.3 is 19.9 Å². The van der Waals surface area contributed by atoms with Gasteiger partial charge in [0.1, 0.15) is 19.8 Å². The molecule has 10 nitrogen and oxygen atoms in total. The summed E-state index contributed by atoms with van der Waals surface area (Å²) in [6.45, 7) is 0.0228. The molecule has 43 heavy (non-hydrogen) atoms. The van der Waals surface area contributed by atoms with E-state index in [4.69, 9.17) is 19.9 Å². The third kappa shape index (κ3) is 10.1. The molecule has 0 spiro atoms. The summed E-state index contributed by atoms with van der Waals surface area (Å²) in [4.78, 5) is 39.2. The third-order valence-electron chi connectivity index (χ3n) is 6.83. The molecule has 2 heterocycles. The average molecular weight is 587 g/mol. The number of rotatable bonds is 5. The highest BCUT2D eigenvalue weighted by atomic mass is 16.6. The van der Waals surface area contributed by atoms with Crippen LogP contribution in [0.3, 0.4) is 0 Å². The number of amides is 3. The van der Waals surface area contributed by atoms with Gasteiger partial charge >= 0.3 is 18.3 Å². The predicted molar refractivity (Wildman–Crippen MR) is 165 cm³/mol. The smallest absolute Gasteiger partial charge is 0.434 e. The van der Waals surface area contributed by atoms with Crippen molar-refractivity contribution in [1.29, 1.82) is 0 Å². The number of nitrogen functional groups attached to an aromatic ring is 1. The fraction of sp³-hybridized carbons (Fsp3) is 0.303. The summed E-state index contributed by atoms with van der Waals surface area (Å²) < 4.78 is 16.3. The van der Waals surface area contributed by atoms with Gasteiger partial charge in [0.15, 0.2) is 0 Å². The van der Waals surface area contributed by atoms with Gasteiger partial charge in [0.25, 0.3) is 0 Å². The largest absolute Gasteiger partial charge is 0.445 e. The quantitative estimate of drug-likeness (QED) is 0.124. The zero-order chi connectivity index (χ0) is 30.3. The van der Waals surface area contributed by atoms with Gasteiger partial charge in [-0.05, 0) is 54.5 Å². The number of hydrogen-bond acceptors (Lipinski definition) is 7. The lowest BCUT2D eigenvalue weighted by atomic mass is 10.0. The molecule has 0 unspecified atom stereocenters. The maximum absolute atomic E-state index is 13.5. The number of ether oxygens (including phenoxy) is 3. The lowest BCUT2D eigenvalue weighted by Gasteiger charge is -2.26. The summed E-state index contributed by atoms with van der Waals surface area (Å²) in [6, 6.07) is 21.5. The first-order chi connectivity index (χ1) is 21.0. The van der Waals surface area contributed by atoms with Gasteiger partial charge in [-0.25, -0.2) is 19.8 Å². The van der Waals surface area contributed by atoms with Crippen molar-refractivity contribution in [1.82, 2.24) is 5.43 Å². The Kier molecular flexibility index (Phi) is 11.8. The van der Waals surface area contributed by atoms with E-state index >= 15 is 0 Å². The third-order valence-corrected chi connectivity index (χ3v) is 6.83. The molecule has 3 amide bonds. The zero-order valence-electron chi connectivity index (χ0n) is 24.1. The highest BCUT2D eigenvalue weighted by Crippen LogP contribution is 2.33. The second-order valence-electron chi connectivity index (χ2n) is 10.1.